The Morgan fingerprint density at radius 1 is 0.912 bits per heavy atom. The lowest BCUT2D eigenvalue weighted by Gasteiger charge is -2.26. The lowest BCUT2D eigenvalue weighted by atomic mass is 9.92. The highest BCUT2D eigenvalue weighted by Crippen LogP contribution is 2.45. The van der Waals surface area contributed by atoms with E-state index in [1.54, 1.807) is 42.5 Å². The van der Waals surface area contributed by atoms with Crippen LogP contribution in [0.2, 0.25) is 0 Å². The van der Waals surface area contributed by atoms with Gasteiger partial charge in [0.1, 0.15) is 17.3 Å². The fraction of sp³-hybridized carbons (Fsp3) is 0.0714. The Morgan fingerprint density at radius 2 is 1.62 bits per heavy atom. The van der Waals surface area contributed by atoms with E-state index in [2.05, 4.69) is 0 Å². The number of fused-ring (bicyclic) bond motifs is 1. The smallest absolute Gasteiger partial charge is 0.300 e. The summed E-state index contributed by atoms with van der Waals surface area (Å²) in [7, 11) is 1.48. The van der Waals surface area contributed by atoms with Crippen LogP contribution in [0.15, 0.2) is 96.6 Å². The highest BCUT2D eigenvalue weighted by atomic mass is 19.1. The Balaban J connectivity index is 1.81. The average molecular weight is 453 g/mol. The number of Topliss-reactive ketones (excluding diaryl/α,β-unsaturated/α-hetero) is 1. The summed E-state index contributed by atoms with van der Waals surface area (Å²) >= 11 is 0. The van der Waals surface area contributed by atoms with E-state index in [-0.39, 0.29) is 17.0 Å². The molecule has 1 heterocycles. The molecule has 6 heteroatoms. The quantitative estimate of drug-likeness (QED) is 0.248. The van der Waals surface area contributed by atoms with Gasteiger partial charge in [-0.05, 0) is 35.0 Å². The van der Waals surface area contributed by atoms with Gasteiger partial charge in [0.05, 0.1) is 18.7 Å². The van der Waals surface area contributed by atoms with Crippen molar-refractivity contribution >= 4 is 33.9 Å². The molecule has 0 bridgehead atoms. The number of methoxy groups -OCH3 is 1. The molecule has 168 valence electrons. The van der Waals surface area contributed by atoms with Crippen molar-refractivity contribution in [2.24, 2.45) is 0 Å². The number of ether oxygens (including phenoxy) is 1. The number of aliphatic hydroxyl groups excluding tert-OH is 1. The van der Waals surface area contributed by atoms with E-state index in [4.69, 9.17) is 4.74 Å². The van der Waals surface area contributed by atoms with Gasteiger partial charge < -0.3 is 9.84 Å². The molecule has 0 aromatic heterocycles. The van der Waals surface area contributed by atoms with E-state index in [9.17, 15) is 19.1 Å². The third-order valence-electron chi connectivity index (χ3n) is 6.01. The van der Waals surface area contributed by atoms with E-state index in [1.807, 2.05) is 30.3 Å². The predicted molar refractivity (Wildman–Crippen MR) is 128 cm³/mol. The number of aliphatic hydroxyl groups is 1. The lowest BCUT2D eigenvalue weighted by molar-refractivity contribution is -0.132. The molecular formula is C28H20FNO4. The van der Waals surface area contributed by atoms with Gasteiger partial charge in [0, 0.05) is 16.8 Å². The number of carbonyl (C=O) groups excluding carboxylic acids is 2. The molecule has 0 spiro atoms. The Kier molecular flexibility index (Phi) is 5.34. The zero-order valence-corrected chi connectivity index (χ0v) is 18.2. The number of para-hydroxylation sites is 1. The maximum Gasteiger partial charge on any atom is 0.300 e. The second-order valence-electron chi connectivity index (χ2n) is 7.92. The molecule has 4 aromatic rings. The van der Waals surface area contributed by atoms with E-state index in [0.29, 0.717) is 16.9 Å². The van der Waals surface area contributed by atoms with E-state index < -0.39 is 23.5 Å². The summed E-state index contributed by atoms with van der Waals surface area (Å²) in [5.41, 5.74) is 1.04. The third-order valence-corrected chi connectivity index (χ3v) is 6.01. The molecule has 1 unspecified atom stereocenters. The molecule has 1 saturated heterocycles. The Labute approximate surface area is 195 Å². The minimum Gasteiger partial charge on any atom is -0.507 e. The van der Waals surface area contributed by atoms with Gasteiger partial charge in [-0.25, -0.2) is 4.39 Å². The summed E-state index contributed by atoms with van der Waals surface area (Å²) in [4.78, 5) is 27.9. The molecule has 4 aromatic carbocycles. The number of carbonyl (C=O) groups is 2. The lowest BCUT2D eigenvalue weighted by Crippen LogP contribution is -2.29. The number of rotatable bonds is 4. The van der Waals surface area contributed by atoms with E-state index in [1.165, 1.54) is 30.2 Å². The summed E-state index contributed by atoms with van der Waals surface area (Å²) in [5.74, 6) is -2.13. The Morgan fingerprint density at radius 3 is 2.41 bits per heavy atom. The third kappa shape index (κ3) is 3.40. The number of amides is 1. The number of nitrogens with zero attached hydrogens (tertiary/aromatic N) is 1. The molecule has 1 aliphatic heterocycles. The first kappa shape index (κ1) is 21.4. The first-order valence-electron chi connectivity index (χ1n) is 10.7. The van der Waals surface area contributed by atoms with Crippen LogP contribution in [0.1, 0.15) is 17.2 Å². The van der Waals surface area contributed by atoms with Gasteiger partial charge in [-0.2, -0.15) is 0 Å². The number of halogens is 1. The number of hydrogen-bond acceptors (Lipinski definition) is 4. The van der Waals surface area contributed by atoms with Crippen LogP contribution in [0.3, 0.4) is 0 Å². The van der Waals surface area contributed by atoms with Crippen molar-refractivity contribution in [1.82, 2.24) is 0 Å². The highest BCUT2D eigenvalue weighted by molar-refractivity contribution is 6.51. The molecule has 0 aliphatic carbocycles. The Hall–Kier alpha value is -4.45. The molecule has 5 rings (SSSR count). The molecule has 1 fully saturated rings. The van der Waals surface area contributed by atoms with Gasteiger partial charge in [0.15, 0.2) is 0 Å². The zero-order chi connectivity index (χ0) is 23.8. The van der Waals surface area contributed by atoms with E-state index >= 15 is 0 Å². The maximum atomic E-state index is 14.1. The molecule has 1 atom stereocenters. The van der Waals surface area contributed by atoms with E-state index in [0.717, 1.165) is 10.8 Å². The standard InChI is InChI=1S/C28H20FNO4/c1-34-23-15-5-4-13-22(23)25-24(26(31)21-14-6-9-17-8-2-3-12-20(17)21)27(32)28(33)30(25)19-11-7-10-18(29)16-19/h2-16,25,31H,1H3/b26-24+. The highest BCUT2D eigenvalue weighted by Gasteiger charge is 2.48. The topological polar surface area (TPSA) is 66.8 Å². The largest absolute Gasteiger partial charge is 0.507 e. The van der Waals surface area contributed by atoms with Gasteiger partial charge in [-0.1, -0.05) is 66.7 Å². The van der Waals surface area contributed by atoms with Crippen LogP contribution < -0.4 is 9.64 Å². The fourth-order valence-electron chi connectivity index (χ4n) is 4.49. The molecule has 5 nitrogen and oxygen atoms in total. The number of benzene rings is 4. The maximum absolute atomic E-state index is 14.1. The number of hydrogen-bond donors (Lipinski definition) is 1. The second kappa shape index (κ2) is 8.48. The fourth-order valence-corrected chi connectivity index (χ4v) is 4.49. The van der Waals surface area contributed by atoms with Crippen LogP contribution in [0, 0.1) is 5.82 Å². The van der Waals surface area contributed by atoms with Crippen LogP contribution in [-0.2, 0) is 9.59 Å². The van der Waals surface area contributed by atoms with Crippen LogP contribution in [0.25, 0.3) is 16.5 Å². The van der Waals surface area contributed by atoms with Crippen molar-refractivity contribution in [3.05, 3.63) is 114 Å². The first-order chi connectivity index (χ1) is 16.5. The first-order valence-corrected chi connectivity index (χ1v) is 10.7. The van der Waals surface area contributed by atoms with Gasteiger partial charge in [0.2, 0.25) is 0 Å². The van der Waals surface area contributed by atoms with Crippen LogP contribution in [0.5, 0.6) is 5.75 Å². The normalized spacial score (nSPS) is 17.4. The average Bonchev–Trinajstić information content (AvgIpc) is 3.13. The van der Waals surface area contributed by atoms with Crippen molar-refractivity contribution in [1.29, 1.82) is 0 Å². The molecular weight excluding hydrogens is 433 g/mol. The minimum atomic E-state index is -1.02. The van der Waals surface area contributed by atoms with Crippen LogP contribution in [0.4, 0.5) is 10.1 Å². The van der Waals surface area contributed by atoms with Gasteiger partial charge in [-0.15, -0.1) is 0 Å². The van der Waals surface area contributed by atoms with Crippen molar-refractivity contribution in [3.63, 3.8) is 0 Å². The van der Waals surface area contributed by atoms with Crippen LogP contribution >= 0.6 is 0 Å². The van der Waals surface area contributed by atoms with Crippen molar-refractivity contribution in [2.45, 2.75) is 6.04 Å². The summed E-state index contributed by atoms with van der Waals surface area (Å²) in [6.07, 6.45) is 0. The minimum absolute atomic E-state index is 0.0879. The molecule has 34 heavy (non-hydrogen) atoms. The van der Waals surface area contributed by atoms with Crippen molar-refractivity contribution < 1.29 is 23.8 Å². The van der Waals surface area contributed by atoms with Crippen LogP contribution in [-0.4, -0.2) is 23.9 Å². The molecule has 1 N–H and O–H groups in total. The molecule has 1 aliphatic rings. The monoisotopic (exact) mass is 453 g/mol. The van der Waals surface area contributed by atoms with Gasteiger partial charge >= 0.3 is 0 Å². The summed E-state index contributed by atoms with van der Waals surface area (Å²) < 4.78 is 19.6. The summed E-state index contributed by atoms with van der Waals surface area (Å²) in [6, 6.07) is 24.2. The zero-order valence-electron chi connectivity index (χ0n) is 18.2. The van der Waals surface area contributed by atoms with Crippen molar-refractivity contribution in [3.8, 4) is 5.75 Å². The molecule has 0 radical (unpaired) electrons. The number of anilines is 1. The summed E-state index contributed by atoms with van der Waals surface area (Å²) in [6.45, 7) is 0. The number of ketones is 1. The SMILES string of the molecule is COc1ccccc1C1/C(=C(\O)c2cccc3ccccc23)C(=O)C(=O)N1c1cccc(F)c1. The van der Waals surface area contributed by atoms with Crippen molar-refractivity contribution in [2.75, 3.05) is 12.0 Å². The second-order valence-corrected chi connectivity index (χ2v) is 7.92. The Bertz CT molecular complexity index is 1470. The van der Waals surface area contributed by atoms with Gasteiger partial charge in [0.25, 0.3) is 11.7 Å². The molecule has 1 amide bonds. The van der Waals surface area contributed by atoms with Gasteiger partial charge in [-0.3, -0.25) is 14.5 Å². The molecule has 0 saturated carbocycles. The summed E-state index contributed by atoms with van der Waals surface area (Å²) in [5, 5.41) is 13.1. The predicted octanol–water partition coefficient (Wildman–Crippen LogP) is 5.61.